The van der Waals surface area contributed by atoms with E-state index in [1.54, 1.807) is 19.1 Å². The van der Waals surface area contributed by atoms with Gasteiger partial charge in [0.25, 0.3) is 0 Å². The zero-order valence-corrected chi connectivity index (χ0v) is 22.4. The SMILES string of the molecule is C[C@@H](O)[C@H]1C(=O)N2C(C(=O)[O-])=C(c3ccc4c(c3)-c3cc(C[n+]5ccn(Cc6ccccc6)c5)ccc3C4=O)C[C@H]12. The van der Waals surface area contributed by atoms with Gasteiger partial charge >= 0.3 is 0 Å². The first-order valence-electron chi connectivity index (χ1n) is 13.7. The topological polar surface area (TPSA) is 107 Å². The van der Waals surface area contributed by atoms with Crippen LogP contribution in [0.15, 0.2) is 91.1 Å². The standard InChI is InChI=1S/C33H27N3O5/c1-19(37)29-28-15-25(30(33(40)41)36(28)32(29)39)22-8-10-24-27(14-22)26-13-21(7-9-23(26)31(24)38)17-35-12-11-34(18-35)16-20-5-3-2-4-6-20/h2-14,18-19,28-29,37H,15-17H2,1H3/t19-,28-,29-/m1/s1. The lowest BCUT2D eigenvalue weighted by Gasteiger charge is -2.45. The Morgan fingerprint density at radius 3 is 2.46 bits per heavy atom. The van der Waals surface area contributed by atoms with Crippen molar-refractivity contribution in [2.75, 3.05) is 0 Å². The van der Waals surface area contributed by atoms with Crippen molar-refractivity contribution in [2.24, 2.45) is 5.92 Å². The van der Waals surface area contributed by atoms with Gasteiger partial charge in [-0.05, 0) is 71.0 Å². The number of carboxylic acid groups (broad SMARTS) is 1. The summed E-state index contributed by atoms with van der Waals surface area (Å²) in [6.07, 6.45) is 5.54. The summed E-state index contributed by atoms with van der Waals surface area (Å²) in [4.78, 5) is 39.2. The number of carbonyl (C=O) groups excluding carboxylic acids is 3. The summed E-state index contributed by atoms with van der Waals surface area (Å²) in [5, 5.41) is 22.2. The quantitative estimate of drug-likeness (QED) is 0.249. The van der Waals surface area contributed by atoms with Gasteiger partial charge in [0.1, 0.15) is 25.5 Å². The minimum absolute atomic E-state index is 0.0662. The summed E-state index contributed by atoms with van der Waals surface area (Å²) in [6.45, 7) is 2.94. The molecule has 1 N–H and O–H groups in total. The van der Waals surface area contributed by atoms with E-state index in [4.69, 9.17) is 0 Å². The van der Waals surface area contributed by atoms with Crippen molar-refractivity contribution in [2.45, 2.75) is 38.6 Å². The first-order chi connectivity index (χ1) is 19.8. The zero-order valence-electron chi connectivity index (χ0n) is 22.4. The number of β-lactam (4-membered cyclic amide) rings is 1. The number of aliphatic hydroxyl groups excluding tert-OH is 1. The van der Waals surface area contributed by atoms with E-state index in [0.717, 1.165) is 23.2 Å². The van der Waals surface area contributed by atoms with Crippen molar-refractivity contribution in [3.8, 4) is 11.1 Å². The number of carbonyl (C=O) groups is 3. The monoisotopic (exact) mass is 545 g/mol. The molecule has 3 aliphatic rings. The van der Waals surface area contributed by atoms with Crippen molar-refractivity contribution < 1.29 is 29.2 Å². The second-order valence-corrected chi connectivity index (χ2v) is 11.1. The fourth-order valence-electron chi connectivity index (χ4n) is 6.56. The maximum atomic E-state index is 13.2. The predicted octanol–water partition coefficient (Wildman–Crippen LogP) is 2.16. The van der Waals surface area contributed by atoms with Crippen LogP contribution in [-0.2, 0) is 22.7 Å². The number of benzene rings is 3. The van der Waals surface area contributed by atoms with Crippen molar-refractivity contribution >= 4 is 23.2 Å². The number of hydrogen-bond acceptors (Lipinski definition) is 5. The van der Waals surface area contributed by atoms with E-state index in [0.29, 0.717) is 35.2 Å². The summed E-state index contributed by atoms with van der Waals surface area (Å²) in [5.74, 6) is -2.53. The molecule has 1 aliphatic carbocycles. The Balaban J connectivity index is 1.19. The Morgan fingerprint density at radius 1 is 1.00 bits per heavy atom. The molecule has 2 aliphatic heterocycles. The number of aliphatic carboxylic acids is 1. The lowest BCUT2D eigenvalue weighted by Crippen LogP contribution is -2.62. The van der Waals surface area contributed by atoms with Gasteiger partial charge < -0.3 is 19.9 Å². The van der Waals surface area contributed by atoms with Crippen molar-refractivity contribution in [1.82, 2.24) is 9.47 Å². The largest absolute Gasteiger partial charge is 0.543 e. The zero-order chi connectivity index (χ0) is 28.4. The first kappa shape index (κ1) is 25.2. The highest BCUT2D eigenvalue weighted by atomic mass is 16.4. The van der Waals surface area contributed by atoms with Gasteiger partial charge in [0, 0.05) is 11.1 Å². The number of ketones is 1. The molecule has 4 aromatic rings. The molecule has 1 fully saturated rings. The number of aromatic nitrogens is 2. The van der Waals surface area contributed by atoms with Crippen LogP contribution in [0.1, 0.15) is 46.0 Å². The number of nitrogens with zero attached hydrogens (tertiary/aromatic N) is 3. The third-order valence-corrected chi connectivity index (χ3v) is 8.47. The number of rotatable bonds is 7. The van der Waals surface area contributed by atoms with E-state index in [2.05, 4.69) is 27.6 Å². The lowest BCUT2D eigenvalue weighted by atomic mass is 9.82. The van der Waals surface area contributed by atoms with E-state index in [1.807, 2.05) is 54.9 Å². The summed E-state index contributed by atoms with van der Waals surface area (Å²) >= 11 is 0. The highest BCUT2D eigenvalue weighted by Gasteiger charge is 2.55. The number of carboxylic acids is 1. The number of fused-ring (bicyclic) bond motifs is 4. The van der Waals surface area contributed by atoms with Gasteiger partial charge in [0.15, 0.2) is 5.78 Å². The Morgan fingerprint density at radius 2 is 1.73 bits per heavy atom. The van der Waals surface area contributed by atoms with Gasteiger partial charge in [-0.3, -0.25) is 9.59 Å². The summed E-state index contributed by atoms with van der Waals surface area (Å²) < 4.78 is 4.21. The van der Waals surface area contributed by atoms with E-state index in [-0.39, 0.29) is 11.5 Å². The van der Waals surface area contributed by atoms with E-state index >= 15 is 0 Å². The summed E-state index contributed by atoms with van der Waals surface area (Å²) in [5.41, 5.74) is 5.95. The fraction of sp³-hybridized carbons (Fsp3) is 0.212. The number of amides is 1. The van der Waals surface area contributed by atoms with Gasteiger partial charge in [-0.2, -0.15) is 0 Å². The third kappa shape index (κ3) is 4.02. The third-order valence-electron chi connectivity index (χ3n) is 8.47. The molecule has 7 rings (SSSR count). The van der Waals surface area contributed by atoms with Crippen LogP contribution in [-0.4, -0.2) is 44.4 Å². The molecule has 0 bridgehead atoms. The van der Waals surface area contributed by atoms with Gasteiger partial charge in [0.2, 0.25) is 12.2 Å². The fourth-order valence-corrected chi connectivity index (χ4v) is 6.56. The Bertz CT molecular complexity index is 1790. The molecule has 0 spiro atoms. The summed E-state index contributed by atoms with van der Waals surface area (Å²) in [6, 6.07) is 21.0. The van der Waals surface area contributed by atoms with Crippen LogP contribution in [0.2, 0.25) is 0 Å². The molecular formula is C33H27N3O5. The number of aliphatic hydroxyl groups is 1. The normalized spacial score (nSPS) is 19.6. The molecule has 1 amide bonds. The van der Waals surface area contributed by atoms with Crippen LogP contribution in [0.4, 0.5) is 0 Å². The van der Waals surface area contributed by atoms with E-state index in [9.17, 15) is 24.6 Å². The first-order valence-corrected chi connectivity index (χ1v) is 13.7. The van der Waals surface area contributed by atoms with Gasteiger partial charge in [-0.1, -0.05) is 42.5 Å². The Labute approximate surface area is 236 Å². The molecule has 8 heteroatoms. The van der Waals surface area contributed by atoms with Crippen LogP contribution in [0.3, 0.4) is 0 Å². The van der Waals surface area contributed by atoms with Crippen LogP contribution in [0.25, 0.3) is 16.7 Å². The molecule has 3 heterocycles. The molecule has 3 atom stereocenters. The second-order valence-electron chi connectivity index (χ2n) is 11.1. The molecule has 204 valence electrons. The van der Waals surface area contributed by atoms with Crippen LogP contribution in [0, 0.1) is 5.92 Å². The molecule has 1 saturated heterocycles. The molecule has 41 heavy (non-hydrogen) atoms. The molecule has 1 aromatic heterocycles. The van der Waals surface area contributed by atoms with Gasteiger partial charge in [-0.25, -0.2) is 9.13 Å². The minimum atomic E-state index is -1.42. The molecule has 0 saturated carbocycles. The molecule has 0 unspecified atom stereocenters. The van der Waals surface area contributed by atoms with E-state index in [1.165, 1.54) is 10.5 Å². The molecule has 0 radical (unpaired) electrons. The Hall–Kier alpha value is -4.82. The lowest BCUT2D eigenvalue weighted by molar-refractivity contribution is -0.687. The van der Waals surface area contributed by atoms with Gasteiger partial charge in [-0.15, -0.1) is 0 Å². The molecule has 8 nitrogen and oxygen atoms in total. The maximum Gasteiger partial charge on any atom is 0.244 e. The highest BCUT2D eigenvalue weighted by Crippen LogP contribution is 2.48. The minimum Gasteiger partial charge on any atom is -0.543 e. The van der Waals surface area contributed by atoms with Crippen molar-refractivity contribution in [1.29, 1.82) is 0 Å². The highest BCUT2D eigenvalue weighted by molar-refractivity contribution is 6.22. The smallest absolute Gasteiger partial charge is 0.244 e. The van der Waals surface area contributed by atoms with Gasteiger partial charge in [0.05, 0.1) is 29.7 Å². The molecule has 3 aromatic carbocycles. The van der Waals surface area contributed by atoms with Crippen LogP contribution in [0.5, 0.6) is 0 Å². The summed E-state index contributed by atoms with van der Waals surface area (Å²) in [7, 11) is 0. The number of imidazole rings is 1. The van der Waals surface area contributed by atoms with Crippen molar-refractivity contribution in [3.63, 3.8) is 0 Å². The average molecular weight is 546 g/mol. The molecular weight excluding hydrogens is 518 g/mol. The second kappa shape index (κ2) is 9.38. The maximum absolute atomic E-state index is 13.2. The number of hydrogen-bond donors (Lipinski definition) is 1. The van der Waals surface area contributed by atoms with Crippen molar-refractivity contribution in [3.05, 3.63) is 119 Å². The van der Waals surface area contributed by atoms with Crippen LogP contribution >= 0.6 is 0 Å². The Kier molecular flexibility index (Phi) is 5.76. The van der Waals surface area contributed by atoms with E-state index < -0.39 is 29.9 Å². The average Bonchev–Trinajstić information content (AvgIpc) is 3.62. The van der Waals surface area contributed by atoms with Crippen LogP contribution < -0.4 is 9.67 Å². The predicted molar refractivity (Wildman–Crippen MR) is 147 cm³/mol.